The third-order valence-electron chi connectivity index (χ3n) is 2.91. The molecule has 0 aliphatic rings. The average molecular weight is 268 g/mol. The number of carboxylic acid groups (broad SMARTS) is 1. The van der Waals surface area contributed by atoms with Gasteiger partial charge in [-0.2, -0.15) is 9.61 Å². The fourth-order valence-corrected chi connectivity index (χ4v) is 2.04. The van der Waals surface area contributed by atoms with Crippen LogP contribution in [0.1, 0.15) is 16.1 Å². The Kier molecular flexibility index (Phi) is 2.83. The zero-order valence-corrected chi connectivity index (χ0v) is 10.7. The van der Waals surface area contributed by atoms with Crippen molar-refractivity contribution >= 4 is 23.1 Å². The third-order valence-corrected chi connectivity index (χ3v) is 2.91. The maximum atomic E-state index is 11.2. The molecule has 20 heavy (non-hydrogen) atoms. The number of aromatic nitrogens is 3. The van der Waals surface area contributed by atoms with Gasteiger partial charge >= 0.3 is 5.97 Å². The van der Waals surface area contributed by atoms with Crippen LogP contribution in [0.3, 0.4) is 0 Å². The van der Waals surface area contributed by atoms with Crippen molar-refractivity contribution in [1.82, 2.24) is 14.6 Å². The maximum Gasteiger partial charge on any atom is 0.337 e. The minimum absolute atomic E-state index is 0.210. The SMILES string of the molecule is Cc1cc(Nc2ccccc2C(=O)O)n2nccc2n1. The van der Waals surface area contributed by atoms with E-state index in [4.69, 9.17) is 0 Å². The van der Waals surface area contributed by atoms with Crippen molar-refractivity contribution in [3.63, 3.8) is 0 Å². The lowest BCUT2D eigenvalue weighted by Crippen LogP contribution is -2.06. The quantitative estimate of drug-likeness (QED) is 0.762. The van der Waals surface area contributed by atoms with Gasteiger partial charge in [0.2, 0.25) is 0 Å². The van der Waals surface area contributed by atoms with Gasteiger partial charge in [-0.15, -0.1) is 0 Å². The van der Waals surface area contributed by atoms with Crippen LogP contribution < -0.4 is 5.32 Å². The minimum atomic E-state index is -0.976. The lowest BCUT2D eigenvalue weighted by Gasteiger charge is -2.11. The van der Waals surface area contributed by atoms with Gasteiger partial charge in [0.1, 0.15) is 5.82 Å². The molecule has 1 aromatic carbocycles. The lowest BCUT2D eigenvalue weighted by molar-refractivity contribution is 0.0698. The molecule has 6 nitrogen and oxygen atoms in total. The zero-order chi connectivity index (χ0) is 14.1. The van der Waals surface area contributed by atoms with Crippen molar-refractivity contribution in [2.45, 2.75) is 6.92 Å². The van der Waals surface area contributed by atoms with Crippen LogP contribution in [-0.4, -0.2) is 25.7 Å². The molecule has 2 heterocycles. The molecule has 0 spiro atoms. The molecule has 3 aromatic rings. The molecule has 100 valence electrons. The van der Waals surface area contributed by atoms with E-state index in [1.807, 2.05) is 13.0 Å². The molecule has 0 amide bonds. The summed E-state index contributed by atoms with van der Waals surface area (Å²) >= 11 is 0. The predicted octanol–water partition coefficient (Wildman–Crippen LogP) is 2.48. The van der Waals surface area contributed by atoms with E-state index in [9.17, 15) is 9.90 Å². The Labute approximate surface area is 114 Å². The second kappa shape index (κ2) is 4.65. The Morgan fingerprint density at radius 3 is 2.90 bits per heavy atom. The molecular weight excluding hydrogens is 256 g/mol. The van der Waals surface area contributed by atoms with Crippen molar-refractivity contribution in [3.05, 3.63) is 53.9 Å². The first-order valence-electron chi connectivity index (χ1n) is 6.06. The molecule has 0 unspecified atom stereocenters. The van der Waals surface area contributed by atoms with Crippen molar-refractivity contribution in [2.24, 2.45) is 0 Å². The van der Waals surface area contributed by atoms with Crippen molar-refractivity contribution < 1.29 is 9.90 Å². The molecule has 0 saturated carbocycles. The summed E-state index contributed by atoms with van der Waals surface area (Å²) in [5, 5.41) is 16.5. The molecular formula is C14H12N4O2. The summed E-state index contributed by atoms with van der Waals surface area (Å²) in [6.45, 7) is 1.88. The zero-order valence-electron chi connectivity index (χ0n) is 10.7. The van der Waals surface area contributed by atoms with Crippen LogP contribution >= 0.6 is 0 Å². The van der Waals surface area contributed by atoms with Gasteiger partial charge in [-0.3, -0.25) is 0 Å². The van der Waals surface area contributed by atoms with Crippen molar-refractivity contribution in [2.75, 3.05) is 5.32 Å². The normalized spacial score (nSPS) is 10.7. The number of nitrogens with one attached hydrogen (secondary N) is 1. The summed E-state index contributed by atoms with van der Waals surface area (Å²) < 4.78 is 1.63. The molecule has 0 bridgehead atoms. The fraction of sp³-hybridized carbons (Fsp3) is 0.0714. The van der Waals surface area contributed by atoms with Crippen LogP contribution in [0.5, 0.6) is 0 Å². The van der Waals surface area contributed by atoms with Crippen LogP contribution in [0.4, 0.5) is 11.5 Å². The van der Waals surface area contributed by atoms with Gasteiger partial charge in [-0.25, -0.2) is 9.78 Å². The van der Waals surface area contributed by atoms with Gasteiger partial charge < -0.3 is 10.4 Å². The highest BCUT2D eigenvalue weighted by Crippen LogP contribution is 2.21. The Balaban J connectivity index is 2.10. The Hall–Kier alpha value is -2.89. The van der Waals surface area contributed by atoms with E-state index in [1.54, 1.807) is 41.0 Å². The van der Waals surface area contributed by atoms with E-state index < -0.39 is 5.97 Å². The number of para-hydroxylation sites is 1. The third kappa shape index (κ3) is 2.07. The number of benzene rings is 1. The van der Waals surface area contributed by atoms with Crippen molar-refractivity contribution in [1.29, 1.82) is 0 Å². The number of nitrogens with zero attached hydrogens (tertiary/aromatic N) is 3. The monoisotopic (exact) mass is 268 g/mol. The molecule has 2 aromatic heterocycles. The summed E-state index contributed by atoms with van der Waals surface area (Å²) in [5.41, 5.74) is 2.26. The first-order chi connectivity index (χ1) is 9.65. The van der Waals surface area contributed by atoms with Gasteiger partial charge in [-0.05, 0) is 19.1 Å². The van der Waals surface area contributed by atoms with Crippen LogP contribution in [0.15, 0.2) is 42.6 Å². The smallest absolute Gasteiger partial charge is 0.337 e. The van der Waals surface area contributed by atoms with Crippen LogP contribution in [0.2, 0.25) is 0 Å². The standard InChI is InChI=1S/C14H12N4O2/c1-9-8-13(18-12(16-9)6-7-15-18)17-11-5-3-2-4-10(11)14(19)20/h2-8,17H,1H3,(H,19,20). The Morgan fingerprint density at radius 2 is 2.10 bits per heavy atom. The maximum absolute atomic E-state index is 11.2. The number of rotatable bonds is 3. The molecule has 0 atom stereocenters. The molecule has 0 saturated heterocycles. The largest absolute Gasteiger partial charge is 0.478 e. The second-order valence-corrected chi connectivity index (χ2v) is 4.36. The first-order valence-corrected chi connectivity index (χ1v) is 6.06. The van der Waals surface area contributed by atoms with Gasteiger partial charge in [0.25, 0.3) is 0 Å². The topological polar surface area (TPSA) is 79.5 Å². The number of aromatic carboxylic acids is 1. The molecule has 0 radical (unpaired) electrons. The number of hydrogen-bond acceptors (Lipinski definition) is 4. The molecule has 0 fully saturated rings. The summed E-state index contributed by atoms with van der Waals surface area (Å²) in [6.07, 6.45) is 1.65. The molecule has 3 rings (SSSR count). The minimum Gasteiger partial charge on any atom is -0.478 e. The van der Waals surface area contributed by atoms with E-state index in [1.165, 1.54) is 0 Å². The van der Waals surface area contributed by atoms with E-state index in [0.717, 1.165) is 5.69 Å². The molecule has 6 heteroatoms. The van der Waals surface area contributed by atoms with E-state index in [0.29, 0.717) is 17.2 Å². The summed E-state index contributed by atoms with van der Waals surface area (Å²) in [5.74, 6) is -0.304. The highest BCUT2D eigenvalue weighted by atomic mass is 16.4. The van der Waals surface area contributed by atoms with Crippen LogP contribution in [0, 0.1) is 6.92 Å². The van der Waals surface area contributed by atoms with Gasteiger partial charge in [-0.1, -0.05) is 12.1 Å². The highest BCUT2D eigenvalue weighted by Gasteiger charge is 2.11. The summed E-state index contributed by atoms with van der Waals surface area (Å²) in [6, 6.07) is 10.4. The summed E-state index contributed by atoms with van der Waals surface area (Å²) in [4.78, 5) is 15.6. The molecule has 0 aliphatic carbocycles. The number of fused-ring (bicyclic) bond motifs is 1. The van der Waals surface area contributed by atoms with Gasteiger partial charge in [0, 0.05) is 17.8 Å². The fourth-order valence-electron chi connectivity index (χ4n) is 2.04. The van der Waals surface area contributed by atoms with E-state index >= 15 is 0 Å². The number of anilines is 2. The summed E-state index contributed by atoms with van der Waals surface area (Å²) in [7, 11) is 0. The average Bonchev–Trinajstić information content (AvgIpc) is 2.87. The number of carbonyl (C=O) groups is 1. The lowest BCUT2D eigenvalue weighted by atomic mass is 10.2. The number of aryl methyl sites for hydroxylation is 1. The van der Waals surface area contributed by atoms with Crippen LogP contribution in [0.25, 0.3) is 5.65 Å². The Morgan fingerprint density at radius 1 is 1.30 bits per heavy atom. The second-order valence-electron chi connectivity index (χ2n) is 4.36. The van der Waals surface area contributed by atoms with Gasteiger partial charge in [0.05, 0.1) is 17.4 Å². The first kappa shape index (κ1) is 12.2. The van der Waals surface area contributed by atoms with E-state index in [-0.39, 0.29) is 5.56 Å². The van der Waals surface area contributed by atoms with Crippen molar-refractivity contribution in [3.8, 4) is 0 Å². The number of carboxylic acids is 1. The Bertz CT molecular complexity index is 795. The number of hydrogen-bond donors (Lipinski definition) is 2. The van der Waals surface area contributed by atoms with Crippen LogP contribution in [-0.2, 0) is 0 Å². The van der Waals surface area contributed by atoms with E-state index in [2.05, 4.69) is 15.4 Å². The highest BCUT2D eigenvalue weighted by molar-refractivity contribution is 5.95. The van der Waals surface area contributed by atoms with Gasteiger partial charge in [0.15, 0.2) is 5.65 Å². The molecule has 0 aliphatic heterocycles. The molecule has 2 N–H and O–H groups in total. The predicted molar refractivity (Wildman–Crippen MR) is 74.4 cm³/mol.